The fourth-order valence-electron chi connectivity index (χ4n) is 2.37. The first kappa shape index (κ1) is 16.8. The Kier molecular flexibility index (Phi) is 4.88. The van der Waals surface area contributed by atoms with Gasteiger partial charge >= 0.3 is 0 Å². The van der Waals surface area contributed by atoms with Crippen LogP contribution in [0.15, 0.2) is 18.2 Å². The lowest BCUT2D eigenvalue weighted by Crippen LogP contribution is -2.33. The molecule has 0 unspecified atom stereocenters. The van der Waals surface area contributed by atoms with Crippen molar-refractivity contribution in [1.82, 2.24) is 15.1 Å². The molecule has 2 aromatic rings. The van der Waals surface area contributed by atoms with E-state index in [0.717, 1.165) is 12.1 Å². The standard InChI is InChI=1S/C16H17F2N3O2/c1-9-14(10(2)21(3)20-9)15(22)16(23)19-8-7-11-12(17)5-4-6-13(11)18/h4-6H,7-8H2,1-3H3,(H,19,23). The zero-order valence-electron chi connectivity index (χ0n) is 13.1. The number of halogens is 2. The molecule has 5 nitrogen and oxygen atoms in total. The van der Waals surface area contributed by atoms with Gasteiger partial charge in [0, 0.05) is 24.8 Å². The molecule has 7 heteroatoms. The van der Waals surface area contributed by atoms with Crippen molar-refractivity contribution in [2.24, 2.45) is 7.05 Å². The quantitative estimate of drug-likeness (QED) is 0.675. The molecule has 2 rings (SSSR count). The van der Waals surface area contributed by atoms with Gasteiger partial charge in [-0.1, -0.05) is 6.07 Å². The zero-order valence-corrected chi connectivity index (χ0v) is 13.1. The summed E-state index contributed by atoms with van der Waals surface area (Å²) in [6.45, 7) is 3.29. The van der Waals surface area contributed by atoms with Crippen LogP contribution in [-0.4, -0.2) is 28.0 Å². The average molecular weight is 321 g/mol. The molecule has 0 saturated carbocycles. The predicted molar refractivity (Wildman–Crippen MR) is 80.1 cm³/mol. The summed E-state index contributed by atoms with van der Waals surface area (Å²) in [5.41, 5.74) is 1.18. The van der Waals surface area contributed by atoms with Gasteiger partial charge in [0.15, 0.2) is 0 Å². The van der Waals surface area contributed by atoms with Crippen LogP contribution < -0.4 is 5.32 Å². The summed E-state index contributed by atoms with van der Waals surface area (Å²) < 4.78 is 28.5. The molecule has 23 heavy (non-hydrogen) atoms. The highest BCUT2D eigenvalue weighted by molar-refractivity contribution is 6.43. The molecular formula is C16H17F2N3O2. The fraction of sp³-hybridized carbons (Fsp3) is 0.312. The minimum absolute atomic E-state index is 0.0392. The average Bonchev–Trinajstić information content (AvgIpc) is 2.74. The van der Waals surface area contributed by atoms with E-state index < -0.39 is 23.3 Å². The first-order valence-corrected chi connectivity index (χ1v) is 7.08. The van der Waals surface area contributed by atoms with Crippen molar-refractivity contribution in [1.29, 1.82) is 0 Å². The summed E-state index contributed by atoms with van der Waals surface area (Å²) in [7, 11) is 1.68. The van der Waals surface area contributed by atoms with Gasteiger partial charge < -0.3 is 5.32 Å². The number of Topliss-reactive ketones (excluding diaryl/α,β-unsaturated/α-hetero) is 1. The molecule has 0 atom stereocenters. The lowest BCUT2D eigenvalue weighted by Gasteiger charge is -2.07. The maximum atomic E-state index is 13.5. The van der Waals surface area contributed by atoms with Crippen LogP contribution in [0.1, 0.15) is 27.3 Å². The van der Waals surface area contributed by atoms with Crippen LogP contribution in [0, 0.1) is 25.5 Å². The third-order valence-corrected chi connectivity index (χ3v) is 3.66. The Morgan fingerprint density at radius 2 is 1.83 bits per heavy atom. The van der Waals surface area contributed by atoms with Gasteiger partial charge in [-0.2, -0.15) is 5.10 Å². The molecule has 0 fully saturated rings. The van der Waals surface area contributed by atoms with E-state index in [1.165, 1.54) is 10.7 Å². The molecule has 1 heterocycles. The number of benzene rings is 1. The Morgan fingerprint density at radius 3 is 2.35 bits per heavy atom. The molecule has 0 aliphatic heterocycles. The van der Waals surface area contributed by atoms with E-state index in [1.807, 2.05) is 0 Å². The lowest BCUT2D eigenvalue weighted by atomic mass is 10.1. The van der Waals surface area contributed by atoms with Crippen molar-refractivity contribution in [2.75, 3.05) is 6.54 Å². The monoisotopic (exact) mass is 321 g/mol. The number of aromatic nitrogens is 2. The number of nitrogens with zero attached hydrogens (tertiary/aromatic N) is 2. The summed E-state index contributed by atoms with van der Waals surface area (Å²) in [6, 6.07) is 3.56. The second-order valence-corrected chi connectivity index (χ2v) is 5.20. The van der Waals surface area contributed by atoms with Crippen molar-refractivity contribution >= 4 is 11.7 Å². The number of nitrogens with one attached hydrogen (secondary N) is 1. The van der Waals surface area contributed by atoms with Gasteiger partial charge in [-0.15, -0.1) is 0 Å². The molecule has 1 amide bonds. The molecule has 0 spiro atoms. The lowest BCUT2D eigenvalue weighted by molar-refractivity contribution is -0.117. The minimum Gasteiger partial charge on any atom is -0.349 e. The molecule has 0 aliphatic rings. The Bertz CT molecular complexity index is 749. The molecule has 0 radical (unpaired) electrons. The van der Waals surface area contributed by atoms with Crippen molar-refractivity contribution in [3.63, 3.8) is 0 Å². The van der Waals surface area contributed by atoms with Gasteiger partial charge in [-0.3, -0.25) is 14.3 Å². The summed E-state index contributed by atoms with van der Waals surface area (Å²) in [5.74, 6) is -2.88. The second kappa shape index (κ2) is 6.68. The number of rotatable bonds is 5. The Balaban J connectivity index is 2.01. The zero-order chi connectivity index (χ0) is 17.1. The topological polar surface area (TPSA) is 64.0 Å². The normalized spacial score (nSPS) is 10.7. The van der Waals surface area contributed by atoms with Gasteiger partial charge in [-0.25, -0.2) is 8.78 Å². The van der Waals surface area contributed by atoms with E-state index in [1.54, 1.807) is 20.9 Å². The van der Waals surface area contributed by atoms with E-state index in [-0.39, 0.29) is 24.1 Å². The molecule has 0 aliphatic carbocycles. The number of carbonyl (C=O) groups excluding carboxylic acids is 2. The first-order valence-electron chi connectivity index (χ1n) is 7.08. The fourth-order valence-corrected chi connectivity index (χ4v) is 2.37. The highest BCUT2D eigenvalue weighted by atomic mass is 19.1. The number of aryl methyl sites for hydroxylation is 2. The maximum absolute atomic E-state index is 13.5. The van der Waals surface area contributed by atoms with Crippen LogP contribution in [0.4, 0.5) is 8.78 Å². The van der Waals surface area contributed by atoms with E-state index in [2.05, 4.69) is 10.4 Å². The van der Waals surface area contributed by atoms with Crippen LogP contribution >= 0.6 is 0 Å². The highest BCUT2D eigenvalue weighted by Gasteiger charge is 2.23. The first-order chi connectivity index (χ1) is 10.8. The van der Waals surface area contributed by atoms with Gasteiger partial charge in [0.1, 0.15) is 11.6 Å². The number of amides is 1. The van der Waals surface area contributed by atoms with Crippen molar-refractivity contribution in [3.05, 3.63) is 52.3 Å². The molecule has 0 saturated heterocycles. The Labute approximate surface area is 132 Å². The number of hydrogen-bond acceptors (Lipinski definition) is 3. The molecule has 1 N–H and O–H groups in total. The summed E-state index contributed by atoms with van der Waals surface area (Å²) >= 11 is 0. The van der Waals surface area contributed by atoms with E-state index >= 15 is 0 Å². The van der Waals surface area contributed by atoms with Crippen LogP contribution in [-0.2, 0) is 18.3 Å². The van der Waals surface area contributed by atoms with Crippen molar-refractivity contribution < 1.29 is 18.4 Å². The van der Waals surface area contributed by atoms with E-state index in [4.69, 9.17) is 0 Å². The van der Waals surface area contributed by atoms with Gasteiger partial charge in [0.05, 0.1) is 11.3 Å². The summed E-state index contributed by atoms with van der Waals surface area (Å²) in [6.07, 6.45) is -0.0392. The van der Waals surface area contributed by atoms with E-state index in [9.17, 15) is 18.4 Å². The van der Waals surface area contributed by atoms with Crippen molar-refractivity contribution in [2.45, 2.75) is 20.3 Å². The SMILES string of the molecule is Cc1nn(C)c(C)c1C(=O)C(=O)NCCc1c(F)cccc1F. The molecule has 1 aromatic heterocycles. The third-order valence-electron chi connectivity index (χ3n) is 3.66. The number of hydrogen-bond donors (Lipinski definition) is 1. The third kappa shape index (κ3) is 3.44. The highest BCUT2D eigenvalue weighted by Crippen LogP contribution is 2.14. The largest absolute Gasteiger partial charge is 0.349 e. The molecule has 1 aromatic carbocycles. The maximum Gasteiger partial charge on any atom is 0.292 e. The summed E-state index contributed by atoms with van der Waals surface area (Å²) in [5, 5.41) is 6.47. The second-order valence-electron chi connectivity index (χ2n) is 5.20. The Hall–Kier alpha value is -2.57. The molecule has 122 valence electrons. The Morgan fingerprint density at radius 1 is 1.22 bits per heavy atom. The predicted octanol–water partition coefficient (Wildman–Crippen LogP) is 1.86. The molecule has 0 bridgehead atoms. The van der Waals surface area contributed by atoms with Crippen LogP contribution in [0.5, 0.6) is 0 Å². The summed E-state index contributed by atoms with van der Waals surface area (Å²) in [4.78, 5) is 24.1. The minimum atomic E-state index is -0.819. The number of carbonyl (C=O) groups is 2. The van der Waals surface area contributed by atoms with Gasteiger partial charge in [0.2, 0.25) is 0 Å². The van der Waals surface area contributed by atoms with Crippen LogP contribution in [0.3, 0.4) is 0 Å². The van der Waals surface area contributed by atoms with Gasteiger partial charge in [-0.05, 0) is 32.4 Å². The smallest absolute Gasteiger partial charge is 0.292 e. The van der Waals surface area contributed by atoms with Gasteiger partial charge in [0.25, 0.3) is 11.7 Å². The molecular weight excluding hydrogens is 304 g/mol. The van der Waals surface area contributed by atoms with Crippen LogP contribution in [0.25, 0.3) is 0 Å². The van der Waals surface area contributed by atoms with Crippen molar-refractivity contribution in [3.8, 4) is 0 Å². The van der Waals surface area contributed by atoms with E-state index in [0.29, 0.717) is 11.4 Å². The van der Waals surface area contributed by atoms with Crippen LogP contribution in [0.2, 0.25) is 0 Å². The number of ketones is 1.